The Hall–Kier alpha value is -2.14. The van der Waals surface area contributed by atoms with Crippen LogP contribution in [0.4, 0.5) is 0 Å². The molecule has 1 saturated heterocycles. The molecule has 0 bridgehead atoms. The van der Waals surface area contributed by atoms with Gasteiger partial charge in [0.15, 0.2) is 0 Å². The van der Waals surface area contributed by atoms with E-state index in [0.29, 0.717) is 19.0 Å². The predicted octanol–water partition coefficient (Wildman–Crippen LogP) is 5.65. The number of hydrogen-bond donors (Lipinski definition) is 0. The molecule has 5 heteroatoms. The van der Waals surface area contributed by atoms with Crippen molar-refractivity contribution in [1.82, 2.24) is 4.31 Å². The third kappa shape index (κ3) is 4.55. The van der Waals surface area contributed by atoms with Crippen LogP contribution in [0.2, 0.25) is 5.02 Å². The van der Waals surface area contributed by atoms with Crippen molar-refractivity contribution < 1.29 is 8.42 Å². The smallest absolute Gasteiger partial charge is 0.207 e. The van der Waals surface area contributed by atoms with Crippen LogP contribution in [0, 0.1) is 5.92 Å². The van der Waals surface area contributed by atoms with Gasteiger partial charge in [-0.1, -0.05) is 78.3 Å². The van der Waals surface area contributed by atoms with E-state index in [4.69, 9.17) is 11.6 Å². The molecule has 4 rings (SSSR count). The molecule has 1 fully saturated rings. The maximum absolute atomic E-state index is 12.9. The Labute approximate surface area is 178 Å². The minimum Gasteiger partial charge on any atom is -0.207 e. The van der Waals surface area contributed by atoms with Gasteiger partial charge >= 0.3 is 0 Å². The van der Waals surface area contributed by atoms with Crippen molar-refractivity contribution >= 4 is 21.6 Å². The molecule has 3 nitrogen and oxygen atoms in total. The Morgan fingerprint density at radius 3 is 2.03 bits per heavy atom. The molecule has 0 saturated carbocycles. The maximum atomic E-state index is 12.9. The van der Waals surface area contributed by atoms with Crippen LogP contribution in [0.25, 0.3) is 11.1 Å². The molecule has 150 valence electrons. The van der Waals surface area contributed by atoms with Gasteiger partial charge in [0.25, 0.3) is 0 Å². The van der Waals surface area contributed by atoms with Gasteiger partial charge in [0, 0.05) is 13.1 Å². The lowest BCUT2D eigenvalue weighted by Gasteiger charge is -2.31. The molecule has 29 heavy (non-hydrogen) atoms. The van der Waals surface area contributed by atoms with E-state index in [9.17, 15) is 8.42 Å². The van der Waals surface area contributed by atoms with Crippen molar-refractivity contribution in [3.8, 4) is 11.1 Å². The number of sulfonamides is 1. The zero-order valence-corrected chi connectivity index (χ0v) is 17.7. The molecular formula is C24H24ClNO2S. The van der Waals surface area contributed by atoms with Gasteiger partial charge in [0.1, 0.15) is 4.90 Å². The van der Waals surface area contributed by atoms with E-state index < -0.39 is 10.0 Å². The molecule has 0 atom stereocenters. The first-order valence-electron chi connectivity index (χ1n) is 9.93. The van der Waals surface area contributed by atoms with Gasteiger partial charge in [0.2, 0.25) is 10.0 Å². The summed E-state index contributed by atoms with van der Waals surface area (Å²) in [5.74, 6) is 0.496. The fraction of sp³-hybridized carbons (Fsp3) is 0.250. The van der Waals surface area contributed by atoms with E-state index in [2.05, 4.69) is 36.4 Å². The molecule has 0 unspecified atom stereocenters. The van der Waals surface area contributed by atoms with Crippen molar-refractivity contribution in [3.63, 3.8) is 0 Å². The van der Waals surface area contributed by atoms with E-state index in [1.165, 1.54) is 16.7 Å². The molecule has 0 amide bonds. The summed E-state index contributed by atoms with van der Waals surface area (Å²) in [5, 5.41) is 0.285. The Morgan fingerprint density at radius 1 is 0.793 bits per heavy atom. The molecule has 0 radical (unpaired) electrons. The first-order valence-corrected chi connectivity index (χ1v) is 11.7. The normalized spacial score (nSPS) is 16.0. The number of benzene rings is 3. The fourth-order valence-electron chi connectivity index (χ4n) is 3.94. The highest BCUT2D eigenvalue weighted by Gasteiger charge is 2.30. The van der Waals surface area contributed by atoms with Crippen LogP contribution in [-0.4, -0.2) is 25.8 Å². The second kappa shape index (κ2) is 8.70. The zero-order valence-electron chi connectivity index (χ0n) is 16.2. The summed E-state index contributed by atoms with van der Waals surface area (Å²) in [7, 11) is -3.52. The highest BCUT2D eigenvalue weighted by molar-refractivity contribution is 7.89. The Balaban J connectivity index is 1.37. The average molecular weight is 426 g/mol. The Bertz CT molecular complexity index is 1060. The molecular weight excluding hydrogens is 402 g/mol. The van der Waals surface area contributed by atoms with Crippen LogP contribution in [0.5, 0.6) is 0 Å². The SMILES string of the molecule is O=S(=O)(c1ccccc1Cl)N1CCC(Cc2ccc(-c3ccccc3)cc2)CC1. The van der Waals surface area contributed by atoms with E-state index in [-0.39, 0.29) is 9.92 Å². The molecule has 3 aromatic rings. The quantitative estimate of drug-likeness (QED) is 0.529. The molecule has 0 spiro atoms. The Morgan fingerprint density at radius 2 is 1.38 bits per heavy atom. The summed E-state index contributed by atoms with van der Waals surface area (Å²) in [6.07, 6.45) is 2.71. The van der Waals surface area contributed by atoms with Crippen LogP contribution in [-0.2, 0) is 16.4 Å². The van der Waals surface area contributed by atoms with Crippen LogP contribution in [0.1, 0.15) is 18.4 Å². The van der Waals surface area contributed by atoms with E-state index in [1.54, 1.807) is 28.6 Å². The predicted molar refractivity (Wildman–Crippen MR) is 119 cm³/mol. The van der Waals surface area contributed by atoms with Gasteiger partial charge < -0.3 is 0 Å². The van der Waals surface area contributed by atoms with Gasteiger partial charge in [-0.15, -0.1) is 0 Å². The molecule has 3 aromatic carbocycles. The lowest BCUT2D eigenvalue weighted by Crippen LogP contribution is -2.39. The summed E-state index contributed by atoms with van der Waals surface area (Å²) in [4.78, 5) is 0.205. The first kappa shape index (κ1) is 20.1. The largest absolute Gasteiger partial charge is 0.244 e. The van der Waals surface area contributed by atoms with Gasteiger partial charge in [-0.25, -0.2) is 8.42 Å². The maximum Gasteiger partial charge on any atom is 0.244 e. The lowest BCUT2D eigenvalue weighted by atomic mass is 9.90. The highest BCUT2D eigenvalue weighted by atomic mass is 35.5. The van der Waals surface area contributed by atoms with E-state index >= 15 is 0 Å². The second-order valence-electron chi connectivity index (χ2n) is 7.54. The summed E-state index contributed by atoms with van der Waals surface area (Å²) in [6.45, 7) is 1.08. The molecule has 0 N–H and O–H groups in total. The molecule has 0 aromatic heterocycles. The standard InChI is InChI=1S/C24H24ClNO2S/c25-23-8-4-5-9-24(23)29(27,28)26-16-14-20(15-17-26)18-19-10-12-22(13-11-19)21-6-2-1-3-7-21/h1-13,20H,14-18H2. The third-order valence-corrected chi connectivity index (χ3v) is 8.01. The number of hydrogen-bond acceptors (Lipinski definition) is 2. The van der Waals surface area contributed by atoms with Crippen LogP contribution < -0.4 is 0 Å². The number of rotatable bonds is 5. The van der Waals surface area contributed by atoms with Crippen LogP contribution in [0.15, 0.2) is 83.8 Å². The van der Waals surface area contributed by atoms with Gasteiger partial charge in [-0.3, -0.25) is 0 Å². The minimum absolute atomic E-state index is 0.205. The van der Waals surface area contributed by atoms with E-state index in [1.807, 2.05) is 18.2 Å². The number of piperidine rings is 1. The molecule has 1 heterocycles. The van der Waals surface area contributed by atoms with Gasteiger partial charge in [0.05, 0.1) is 5.02 Å². The summed E-state index contributed by atoms with van der Waals surface area (Å²) in [5.41, 5.74) is 3.74. The summed E-state index contributed by atoms with van der Waals surface area (Å²) >= 11 is 6.12. The van der Waals surface area contributed by atoms with Crippen molar-refractivity contribution in [1.29, 1.82) is 0 Å². The monoisotopic (exact) mass is 425 g/mol. The molecule has 0 aliphatic carbocycles. The minimum atomic E-state index is -3.52. The van der Waals surface area contributed by atoms with Crippen molar-refractivity contribution in [2.45, 2.75) is 24.2 Å². The van der Waals surface area contributed by atoms with Crippen LogP contribution in [0.3, 0.4) is 0 Å². The summed E-state index contributed by atoms with van der Waals surface area (Å²) in [6, 6.07) is 25.7. The lowest BCUT2D eigenvalue weighted by molar-refractivity contribution is 0.273. The first-order chi connectivity index (χ1) is 14.0. The van der Waals surface area contributed by atoms with Crippen molar-refractivity contribution in [3.05, 3.63) is 89.4 Å². The van der Waals surface area contributed by atoms with Crippen molar-refractivity contribution in [2.24, 2.45) is 5.92 Å². The van der Waals surface area contributed by atoms with Crippen LogP contribution >= 0.6 is 11.6 Å². The van der Waals surface area contributed by atoms with Gasteiger partial charge in [-0.2, -0.15) is 4.31 Å². The number of halogens is 1. The number of nitrogens with zero attached hydrogens (tertiary/aromatic N) is 1. The summed E-state index contributed by atoms with van der Waals surface area (Å²) < 4.78 is 27.3. The van der Waals surface area contributed by atoms with Gasteiger partial charge in [-0.05, 0) is 54.0 Å². The third-order valence-electron chi connectivity index (χ3n) is 5.61. The van der Waals surface area contributed by atoms with Crippen molar-refractivity contribution in [2.75, 3.05) is 13.1 Å². The Kier molecular flexibility index (Phi) is 6.04. The van der Waals surface area contributed by atoms with E-state index in [0.717, 1.165) is 19.3 Å². The zero-order chi connectivity index (χ0) is 20.3. The molecule has 1 aliphatic heterocycles. The highest BCUT2D eigenvalue weighted by Crippen LogP contribution is 2.29. The topological polar surface area (TPSA) is 37.4 Å². The fourth-order valence-corrected chi connectivity index (χ4v) is 5.91. The molecule has 1 aliphatic rings. The average Bonchev–Trinajstić information content (AvgIpc) is 2.75. The second-order valence-corrected chi connectivity index (χ2v) is 9.86.